The summed E-state index contributed by atoms with van der Waals surface area (Å²) in [5.41, 5.74) is 1.63. The monoisotopic (exact) mass is 456 g/mol. The fraction of sp³-hybridized carbons (Fsp3) is 0.286. The highest BCUT2D eigenvalue weighted by Crippen LogP contribution is 2.29. The molecule has 1 N–H and O–H groups in total. The predicted octanol–water partition coefficient (Wildman–Crippen LogP) is 4.92. The van der Waals surface area contributed by atoms with Gasteiger partial charge in [0, 0.05) is 34.7 Å². The van der Waals surface area contributed by atoms with Gasteiger partial charge in [-0.05, 0) is 49.2 Å². The van der Waals surface area contributed by atoms with Crippen molar-refractivity contribution in [3.05, 3.63) is 58.9 Å². The van der Waals surface area contributed by atoms with Crippen molar-refractivity contribution in [2.45, 2.75) is 18.8 Å². The maximum absolute atomic E-state index is 12.5. The van der Waals surface area contributed by atoms with E-state index in [-0.39, 0.29) is 11.9 Å². The van der Waals surface area contributed by atoms with Gasteiger partial charge in [-0.3, -0.25) is 0 Å². The van der Waals surface area contributed by atoms with Gasteiger partial charge in [-0.1, -0.05) is 33.2 Å². The number of hydrogen-bond donors (Lipinski definition) is 1. The zero-order chi connectivity index (χ0) is 20.2. The van der Waals surface area contributed by atoms with Crippen molar-refractivity contribution in [2.75, 3.05) is 25.5 Å². The van der Waals surface area contributed by atoms with Gasteiger partial charge < -0.3 is 19.5 Å². The number of methoxy groups -OCH3 is 1. The number of aromatic nitrogens is 2. The number of halogens is 1. The van der Waals surface area contributed by atoms with Crippen LogP contribution in [0.4, 0.5) is 10.5 Å². The first kappa shape index (κ1) is 19.4. The van der Waals surface area contributed by atoms with E-state index in [2.05, 4.69) is 31.4 Å². The SMILES string of the molecule is COc1cccc(-c2noc(C3CCN(C(=O)Nc4ccc(Br)cc4)CC3)n2)c1. The average molecular weight is 457 g/mol. The highest BCUT2D eigenvalue weighted by atomic mass is 79.9. The summed E-state index contributed by atoms with van der Waals surface area (Å²) < 4.78 is 11.7. The minimum Gasteiger partial charge on any atom is -0.497 e. The van der Waals surface area contributed by atoms with Gasteiger partial charge in [-0.25, -0.2) is 4.79 Å². The Morgan fingerprint density at radius 2 is 1.97 bits per heavy atom. The Morgan fingerprint density at radius 3 is 2.69 bits per heavy atom. The summed E-state index contributed by atoms with van der Waals surface area (Å²) in [7, 11) is 1.63. The topological polar surface area (TPSA) is 80.5 Å². The molecule has 0 bridgehead atoms. The van der Waals surface area contributed by atoms with E-state index in [4.69, 9.17) is 9.26 Å². The lowest BCUT2D eigenvalue weighted by Crippen LogP contribution is -2.40. The van der Waals surface area contributed by atoms with E-state index in [1.54, 1.807) is 7.11 Å². The molecule has 0 radical (unpaired) electrons. The fourth-order valence-electron chi connectivity index (χ4n) is 3.35. The number of amides is 2. The summed E-state index contributed by atoms with van der Waals surface area (Å²) in [6, 6.07) is 15.0. The summed E-state index contributed by atoms with van der Waals surface area (Å²) in [6.45, 7) is 1.29. The van der Waals surface area contributed by atoms with Crippen molar-refractivity contribution < 1.29 is 14.1 Å². The van der Waals surface area contributed by atoms with Crippen molar-refractivity contribution >= 4 is 27.6 Å². The van der Waals surface area contributed by atoms with Crippen LogP contribution in [0.3, 0.4) is 0 Å². The van der Waals surface area contributed by atoms with Crippen LogP contribution >= 0.6 is 15.9 Å². The first-order valence-corrected chi connectivity index (χ1v) is 10.2. The van der Waals surface area contributed by atoms with Crippen LogP contribution in [0.2, 0.25) is 0 Å². The van der Waals surface area contributed by atoms with Crippen molar-refractivity contribution in [3.63, 3.8) is 0 Å². The van der Waals surface area contributed by atoms with Crippen molar-refractivity contribution in [3.8, 4) is 17.1 Å². The van der Waals surface area contributed by atoms with Gasteiger partial charge in [0.2, 0.25) is 11.7 Å². The van der Waals surface area contributed by atoms with E-state index < -0.39 is 0 Å². The van der Waals surface area contributed by atoms with E-state index in [0.29, 0.717) is 24.8 Å². The molecule has 1 aliphatic heterocycles. The lowest BCUT2D eigenvalue weighted by atomic mass is 9.97. The number of carbonyl (C=O) groups excluding carboxylic acids is 1. The number of nitrogens with zero attached hydrogens (tertiary/aromatic N) is 3. The van der Waals surface area contributed by atoms with Crippen molar-refractivity contribution in [1.29, 1.82) is 0 Å². The van der Waals surface area contributed by atoms with Crippen LogP contribution in [0, 0.1) is 0 Å². The highest BCUT2D eigenvalue weighted by molar-refractivity contribution is 9.10. The number of likely N-dealkylation sites (tertiary alicyclic amines) is 1. The van der Waals surface area contributed by atoms with Crippen LogP contribution < -0.4 is 10.1 Å². The Morgan fingerprint density at radius 1 is 1.21 bits per heavy atom. The summed E-state index contributed by atoms with van der Waals surface area (Å²) in [5.74, 6) is 2.07. The molecule has 2 amide bonds. The normalized spacial score (nSPS) is 14.6. The first-order chi connectivity index (χ1) is 14.1. The molecule has 1 fully saturated rings. The van der Waals surface area contributed by atoms with Crippen molar-refractivity contribution in [1.82, 2.24) is 15.0 Å². The van der Waals surface area contributed by atoms with E-state index in [1.807, 2.05) is 53.4 Å². The average Bonchev–Trinajstić information content (AvgIpc) is 3.26. The van der Waals surface area contributed by atoms with Gasteiger partial charge in [-0.2, -0.15) is 4.98 Å². The zero-order valence-corrected chi connectivity index (χ0v) is 17.6. The number of ether oxygens (including phenoxy) is 1. The molecule has 3 aromatic rings. The second-order valence-electron chi connectivity index (χ2n) is 6.89. The summed E-state index contributed by atoms with van der Waals surface area (Å²) >= 11 is 3.39. The second kappa shape index (κ2) is 8.65. The smallest absolute Gasteiger partial charge is 0.321 e. The Labute approximate surface area is 177 Å². The quantitative estimate of drug-likeness (QED) is 0.602. The Balaban J connectivity index is 1.35. The Bertz CT molecular complexity index is 982. The van der Waals surface area contributed by atoms with Gasteiger partial charge >= 0.3 is 6.03 Å². The molecule has 0 spiro atoms. The van der Waals surface area contributed by atoms with Crippen LogP contribution in [-0.2, 0) is 0 Å². The molecule has 150 valence electrons. The third kappa shape index (κ3) is 4.59. The third-order valence-corrected chi connectivity index (χ3v) is 5.53. The number of benzene rings is 2. The van der Waals surface area contributed by atoms with Crippen molar-refractivity contribution in [2.24, 2.45) is 0 Å². The van der Waals surface area contributed by atoms with E-state index in [1.165, 1.54) is 0 Å². The number of urea groups is 1. The lowest BCUT2D eigenvalue weighted by Gasteiger charge is -2.30. The van der Waals surface area contributed by atoms with Crippen LogP contribution in [-0.4, -0.2) is 41.3 Å². The Kier molecular flexibility index (Phi) is 5.80. The largest absolute Gasteiger partial charge is 0.497 e. The van der Waals surface area contributed by atoms with Gasteiger partial charge in [0.1, 0.15) is 5.75 Å². The fourth-order valence-corrected chi connectivity index (χ4v) is 3.61. The summed E-state index contributed by atoms with van der Waals surface area (Å²) in [4.78, 5) is 18.9. The Hall–Kier alpha value is -2.87. The molecule has 8 heteroatoms. The van der Waals surface area contributed by atoms with Gasteiger partial charge in [0.05, 0.1) is 7.11 Å². The zero-order valence-electron chi connectivity index (χ0n) is 16.0. The van der Waals surface area contributed by atoms with Gasteiger partial charge in [0.25, 0.3) is 0 Å². The molecule has 0 saturated carbocycles. The molecule has 29 heavy (non-hydrogen) atoms. The molecular weight excluding hydrogens is 436 g/mol. The lowest BCUT2D eigenvalue weighted by molar-refractivity contribution is 0.187. The summed E-state index contributed by atoms with van der Waals surface area (Å²) in [5, 5.41) is 7.05. The minimum absolute atomic E-state index is 0.0895. The minimum atomic E-state index is -0.0895. The molecule has 0 atom stereocenters. The highest BCUT2D eigenvalue weighted by Gasteiger charge is 2.27. The van der Waals surface area contributed by atoms with Gasteiger partial charge in [0.15, 0.2) is 0 Å². The van der Waals surface area contributed by atoms with E-state index in [9.17, 15) is 4.79 Å². The standard InChI is InChI=1S/C21H21BrN4O3/c1-28-18-4-2-3-15(13-18)19-24-20(29-25-19)14-9-11-26(12-10-14)21(27)23-17-7-5-16(22)6-8-17/h2-8,13-14H,9-12H2,1H3,(H,23,27). The predicted molar refractivity (Wildman–Crippen MR) is 113 cm³/mol. The van der Waals surface area contributed by atoms with E-state index in [0.717, 1.165) is 34.3 Å². The molecule has 4 rings (SSSR count). The maximum atomic E-state index is 12.5. The second-order valence-corrected chi connectivity index (χ2v) is 7.80. The molecule has 1 aliphatic rings. The molecule has 2 heterocycles. The van der Waals surface area contributed by atoms with Crippen LogP contribution in [0.5, 0.6) is 5.75 Å². The molecule has 2 aromatic carbocycles. The maximum Gasteiger partial charge on any atom is 0.321 e. The third-order valence-electron chi connectivity index (χ3n) is 5.00. The number of anilines is 1. The first-order valence-electron chi connectivity index (χ1n) is 9.42. The van der Waals surface area contributed by atoms with Crippen LogP contribution in [0.1, 0.15) is 24.7 Å². The molecule has 0 unspecified atom stereocenters. The van der Waals surface area contributed by atoms with Crippen LogP contribution in [0.25, 0.3) is 11.4 Å². The number of nitrogens with one attached hydrogen (secondary N) is 1. The molecule has 0 aliphatic carbocycles. The number of hydrogen-bond acceptors (Lipinski definition) is 5. The van der Waals surface area contributed by atoms with Gasteiger partial charge in [-0.15, -0.1) is 0 Å². The number of carbonyl (C=O) groups is 1. The van der Waals surface area contributed by atoms with E-state index >= 15 is 0 Å². The molecule has 1 aromatic heterocycles. The number of piperidine rings is 1. The summed E-state index contributed by atoms with van der Waals surface area (Å²) in [6.07, 6.45) is 1.57. The molecule has 1 saturated heterocycles. The number of rotatable bonds is 4. The molecule has 7 nitrogen and oxygen atoms in total. The molecular formula is C21H21BrN4O3. The van der Waals surface area contributed by atoms with Crippen LogP contribution in [0.15, 0.2) is 57.5 Å².